The van der Waals surface area contributed by atoms with Gasteiger partial charge in [0, 0.05) is 43.3 Å². The van der Waals surface area contributed by atoms with E-state index in [-0.39, 0.29) is 17.8 Å². The van der Waals surface area contributed by atoms with Gasteiger partial charge in [0.05, 0.1) is 6.61 Å². The van der Waals surface area contributed by atoms with Crippen LogP contribution in [-0.2, 0) is 16.1 Å². The normalized spacial score (nSPS) is 20.2. The third kappa shape index (κ3) is 4.47. The third-order valence-corrected chi connectivity index (χ3v) is 5.11. The number of hydrogen-bond acceptors (Lipinski definition) is 3. The Hall–Kier alpha value is -1.17. The summed E-state index contributed by atoms with van der Waals surface area (Å²) in [5.74, 6) is 0.435. The molecule has 1 aliphatic heterocycles. The second-order valence-corrected chi connectivity index (χ2v) is 7.13. The van der Waals surface area contributed by atoms with Crippen LogP contribution in [0.5, 0.6) is 0 Å². The number of amides is 1. The van der Waals surface area contributed by atoms with Gasteiger partial charge in [-0.2, -0.15) is 0 Å². The zero-order valence-electron chi connectivity index (χ0n) is 14.0. The van der Waals surface area contributed by atoms with Crippen molar-refractivity contribution >= 4 is 17.5 Å². The first-order chi connectivity index (χ1) is 11.5. The predicted octanol–water partition coefficient (Wildman–Crippen LogP) is 2.94. The largest absolute Gasteiger partial charge is 0.368 e. The lowest BCUT2D eigenvalue weighted by atomic mass is 10.1. The Morgan fingerprint density at radius 1 is 1.33 bits per heavy atom. The number of rotatable bonds is 6. The molecule has 1 amide bonds. The average Bonchev–Trinajstić information content (AvgIpc) is 3.40. The molecule has 2 fully saturated rings. The summed E-state index contributed by atoms with van der Waals surface area (Å²) in [5.41, 5.74) is 0.528. The lowest BCUT2D eigenvalue weighted by Gasteiger charge is -2.36. The van der Waals surface area contributed by atoms with E-state index in [0.29, 0.717) is 55.8 Å². The van der Waals surface area contributed by atoms with Gasteiger partial charge in [0.1, 0.15) is 11.9 Å². The summed E-state index contributed by atoms with van der Waals surface area (Å²) < 4.78 is 19.5. The van der Waals surface area contributed by atoms with Crippen molar-refractivity contribution in [1.82, 2.24) is 9.80 Å². The SMILES string of the molecule is CC(OCC1CC1)C(=O)N1CCN(Cc2c(F)cccc2Cl)CC1. The standard InChI is InChI=1S/C18H24ClFN2O2/c1-13(24-12-14-5-6-14)18(23)22-9-7-21(8-10-22)11-15-16(19)3-2-4-17(15)20/h2-4,13-14H,5-12H2,1H3. The summed E-state index contributed by atoms with van der Waals surface area (Å²) in [6, 6.07) is 4.75. The highest BCUT2D eigenvalue weighted by atomic mass is 35.5. The topological polar surface area (TPSA) is 32.8 Å². The molecule has 0 aromatic heterocycles. The minimum atomic E-state index is -0.377. The Morgan fingerprint density at radius 2 is 2.04 bits per heavy atom. The van der Waals surface area contributed by atoms with Crippen LogP contribution in [0.25, 0.3) is 0 Å². The van der Waals surface area contributed by atoms with Crippen LogP contribution in [-0.4, -0.2) is 54.6 Å². The van der Waals surface area contributed by atoms with Gasteiger partial charge in [-0.15, -0.1) is 0 Å². The molecule has 1 atom stereocenters. The maximum absolute atomic E-state index is 13.9. The van der Waals surface area contributed by atoms with Crippen LogP contribution in [0.2, 0.25) is 5.02 Å². The van der Waals surface area contributed by atoms with Gasteiger partial charge >= 0.3 is 0 Å². The number of nitrogens with zero attached hydrogens (tertiary/aromatic N) is 2. The van der Waals surface area contributed by atoms with E-state index in [2.05, 4.69) is 4.90 Å². The highest BCUT2D eigenvalue weighted by molar-refractivity contribution is 6.31. The van der Waals surface area contributed by atoms with Gasteiger partial charge in [0.25, 0.3) is 5.91 Å². The molecule has 0 radical (unpaired) electrons. The summed E-state index contributed by atoms with van der Waals surface area (Å²) in [6.45, 7) is 5.71. The fourth-order valence-corrected chi connectivity index (χ4v) is 3.15. The van der Waals surface area contributed by atoms with E-state index >= 15 is 0 Å². The zero-order valence-corrected chi connectivity index (χ0v) is 14.8. The predicted molar refractivity (Wildman–Crippen MR) is 91.4 cm³/mol. The molecular weight excluding hydrogens is 331 g/mol. The summed E-state index contributed by atoms with van der Waals surface area (Å²) >= 11 is 6.09. The van der Waals surface area contributed by atoms with Gasteiger partial charge in [0.15, 0.2) is 0 Å². The highest BCUT2D eigenvalue weighted by Gasteiger charge is 2.28. The Labute approximate surface area is 147 Å². The van der Waals surface area contributed by atoms with E-state index in [1.54, 1.807) is 12.1 Å². The first-order valence-corrected chi connectivity index (χ1v) is 8.98. The monoisotopic (exact) mass is 354 g/mol. The molecule has 1 saturated heterocycles. The minimum Gasteiger partial charge on any atom is -0.368 e. The van der Waals surface area contributed by atoms with Crippen molar-refractivity contribution in [3.05, 3.63) is 34.6 Å². The van der Waals surface area contributed by atoms with Gasteiger partial charge in [-0.25, -0.2) is 4.39 Å². The van der Waals surface area contributed by atoms with Crippen LogP contribution in [0.3, 0.4) is 0 Å². The summed E-state index contributed by atoms with van der Waals surface area (Å²) in [6.07, 6.45) is 2.06. The van der Waals surface area contributed by atoms with E-state index in [9.17, 15) is 9.18 Å². The van der Waals surface area contributed by atoms with Gasteiger partial charge < -0.3 is 9.64 Å². The number of ether oxygens (including phenoxy) is 1. The third-order valence-electron chi connectivity index (χ3n) is 4.75. The van der Waals surface area contributed by atoms with Gasteiger partial charge in [0.2, 0.25) is 0 Å². The van der Waals surface area contributed by atoms with Gasteiger partial charge in [-0.1, -0.05) is 17.7 Å². The molecule has 1 unspecified atom stereocenters. The summed E-state index contributed by atoms with van der Waals surface area (Å²) in [5, 5.41) is 0.454. The molecule has 6 heteroatoms. The molecule has 1 heterocycles. The fraction of sp³-hybridized carbons (Fsp3) is 0.611. The first kappa shape index (κ1) is 17.6. The molecule has 0 spiro atoms. The van der Waals surface area contributed by atoms with Crippen molar-refractivity contribution in [2.75, 3.05) is 32.8 Å². The minimum absolute atomic E-state index is 0.0548. The van der Waals surface area contributed by atoms with Crippen molar-refractivity contribution in [1.29, 1.82) is 0 Å². The molecule has 24 heavy (non-hydrogen) atoms. The second kappa shape index (κ2) is 7.81. The molecule has 1 saturated carbocycles. The first-order valence-electron chi connectivity index (χ1n) is 8.60. The van der Waals surface area contributed by atoms with Gasteiger partial charge in [-0.05, 0) is 37.8 Å². The number of halogens is 2. The second-order valence-electron chi connectivity index (χ2n) is 6.72. The van der Waals surface area contributed by atoms with Crippen LogP contribution in [0.15, 0.2) is 18.2 Å². The van der Waals surface area contributed by atoms with Crippen LogP contribution in [0.4, 0.5) is 4.39 Å². The van der Waals surface area contributed by atoms with Crippen molar-refractivity contribution < 1.29 is 13.9 Å². The Kier molecular flexibility index (Phi) is 5.74. The van der Waals surface area contributed by atoms with Crippen molar-refractivity contribution in [2.45, 2.75) is 32.4 Å². The number of carbonyl (C=O) groups is 1. The molecule has 3 rings (SSSR count). The summed E-state index contributed by atoms with van der Waals surface area (Å²) in [7, 11) is 0. The Balaban J connectivity index is 1.47. The molecule has 2 aliphatic rings. The van der Waals surface area contributed by atoms with Crippen LogP contribution in [0, 0.1) is 11.7 Å². The van der Waals surface area contributed by atoms with Crippen LogP contribution in [0.1, 0.15) is 25.3 Å². The maximum atomic E-state index is 13.9. The van der Waals surface area contributed by atoms with E-state index in [1.807, 2.05) is 11.8 Å². The van der Waals surface area contributed by atoms with E-state index in [1.165, 1.54) is 18.9 Å². The van der Waals surface area contributed by atoms with E-state index < -0.39 is 0 Å². The molecule has 0 bridgehead atoms. The number of benzene rings is 1. The van der Waals surface area contributed by atoms with Crippen LogP contribution < -0.4 is 0 Å². The quantitative estimate of drug-likeness (QED) is 0.787. The van der Waals surface area contributed by atoms with Crippen molar-refractivity contribution in [3.63, 3.8) is 0 Å². The number of carbonyl (C=O) groups excluding carboxylic acids is 1. The van der Waals surface area contributed by atoms with E-state index in [0.717, 1.165) is 0 Å². The average molecular weight is 355 g/mol. The highest BCUT2D eigenvalue weighted by Crippen LogP contribution is 2.29. The maximum Gasteiger partial charge on any atom is 0.251 e. The molecule has 1 aromatic carbocycles. The molecular formula is C18H24ClFN2O2. The molecule has 1 aromatic rings. The fourth-order valence-electron chi connectivity index (χ4n) is 2.93. The van der Waals surface area contributed by atoms with Crippen LogP contribution >= 0.6 is 11.6 Å². The van der Waals surface area contributed by atoms with Crippen molar-refractivity contribution in [2.24, 2.45) is 5.92 Å². The molecule has 4 nitrogen and oxygen atoms in total. The zero-order chi connectivity index (χ0) is 17.1. The summed E-state index contributed by atoms with van der Waals surface area (Å²) in [4.78, 5) is 16.4. The molecule has 132 valence electrons. The van der Waals surface area contributed by atoms with Gasteiger partial charge in [-0.3, -0.25) is 9.69 Å². The molecule has 1 aliphatic carbocycles. The lowest BCUT2D eigenvalue weighted by molar-refractivity contribution is -0.144. The van der Waals surface area contributed by atoms with E-state index in [4.69, 9.17) is 16.3 Å². The smallest absolute Gasteiger partial charge is 0.251 e. The number of piperazine rings is 1. The lowest BCUT2D eigenvalue weighted by Crippen LogP contribution is -2.51. The van der Waals surface area contributed by atoms with Crippen molar-refractivity contribution in [3.8, 4) is 0 Å². The Morgan fingerprint density at radius 3 is 2.67 bits per heavy atom. The number of hydrogen-bond donors (Lipinski definition) is 0. The molecule has 0 N–H and O–H groups in total. The Bertz CT molecular complexity index is 566.